The molecule has 5 aromatic rings. The predicted molar refractivity (Wildman–Crippen MR) is 132 cm³/mol. The molecule has 0 bridgehead atoms. The van der Waals surface area contributed by atoms with E-state index in [4.69, 9.17) is 4.74 Å². The zero-order chi connectivity index (χ0) is 28.1. The molecular formula is C22H16N5O9S3-. The van der Waals surface area contributed by atoms with E-state index in [1.54, 1.807) is 18.2 Å². The largest absolute Gasteiger partial charge is 0.744 e. The van der Waals surface area contributed by atoms with Crippen LogP contribution in [0.1, 0.15) is 5.56 Å². The second kappa shape index (κ2) is 9.63. The van der Waals surface area contributed by atoms with Crippen molar-refractivity contribution in [2.45, 2.75) is 16.4 Å². The van der Waals surface area contributed by atoms with Crippen LogP contribution in [-0.2, 0) is 26.8 Å². The third-order valence-corrected chi connectivity index (χ3v) is 8.21. The molecule has 5 rings (SSSR count). The number of benzene rings is 3. The Morgan fingerprint density at radius 3 is 2.46 bits per heavy atom. The molecule has 0 unspecified atom stereocenters. The maximum atomic E-state index is 12.0. The van der Waals surface area contributed by atoms with Gasteiger partial charge in [0, 0.05) is 16.7 Å². The molecule has 2 aromatic heterocycles. The number of nitrogens with zero attached hydrogens (tertiary/aromatic N) is 5. The molecular weight excluding hydrogens is 574 g/mol. The number of hydrogen-bond donors (Lipinski definition) is 2. The van der Waals surface area contributed by atoms with Gasteiger partial charge in [-0.15, -0.1) is 0 Å². The van der Waals surface area contributed by atoms with E-state index in [-0.39, 0.29) is 27.8 Å². The molecule has 0 aliphatic rings. The zero-order valence-electron chi connectivity index (χ0n) is 19.6. The highest BCUT2D eigenvalue weighted by Crippen LogP contribution is 2.30. The molecule has 39 heavy (non-hydrogen) atoms. The van der Waals surface area contributed by atoms with Crippen LogP contribution in [0.15, 0.2) is 64.4 Å². The van der Waals surface area contributed by atoms with Gasteiger partial charge in [0.25, 0.3) is 5.82 Å². The van der Waals surface area contributed by atoms with E-state index in [0.717, 1.165) is 51.3 Å². The van der Waals surface area contributed by atoms with Gasteiger partial charge in [-0.2, -0.15) is 0 Å². The summed E-state index contributed by atoms with van der Waals surface area (Å²) in [5.74, 6) is -0.257. The van der Waals surface area contributed by atoms with Crippen molar-refractivity contribution in [3.63, 3.8) is 0 Å². The maximum absolute atomic E-state index is 12.0. The lowest BCUT2D eigenvalue weighted by Crippen LogP contribution is -2.43. The van der Waals surface area contributed by atoms with Gasteiger partial charge in [0.2, 0.25) is 0 Å². The molecule has 0 saturated heterocycles. The Kier molecular flexibility index (Phi) is 6.57. The molecule has 2 N–H and O–H groups in total. The smallest absolute Gasteiger partial charge is 0.365 e. The lowest BCUT2D eigenvalue weighted by Gasteiger charge is -2.11. The Bertz CT molecular complexity index is 1970. The van der Waals surface area contributed by atoms with Gasteiger partial charge in [-0.1, -0.05) is 22.4 Å². The topological polar surface area (TPSA) is 212 Å². The van der Waals surface area contributed by atoms with Crippen LogP contribution in [0.25, 0.3) is 32.4 Å². The molecule has 2 heterocycles. The molecule has 0 amide bonds. The second-order valence-corrected chi connectivity index (χ2v) is 11.7. The Morgan fingerprint density at radius 1 is 1.03 bits per heavy atom. The summed E-state index contributed by atoms with van der Waals surface area (Å²) in [5.41, 5.74) is 0.314. The quantitative estimate of drug-likeness (QED) is 0.199. The minimum atomic E-state index is -5.10. The summed E-state index contributed by atoms with van der Waals surface area (Å²) in [6, 6.07) is 11.3. The summed E-state index contributed by atoms with van der Waals surface area (Å²) >= 11 is 1.12. The van der Waals surface area contributed by atoms with Crippen LogP contribution in [0.5, 0.6) is 11.5 Å². The van der Waals surface area contributed by atoms with Gasteiger partial charge >= 0.3 is 5.13 Å². The van der Waals surface area contributed by atoms with Crippen LogP contribution in [0, 0.1) is 0 Å². The highest BCUT2D eigenvalue weighted by Gasteiger charge is 2.29. The van der Waals surface area contributed by atoms with Crippen molar-refractivity contribution in [1.29, 1.82) is 0 Å². The number of hydrogen-bond acceptors (Lipinski definition) is 13. The van der Waals surface area contributed by atoms with Gasteiger partial charge in [-0.05, 0) is 57.2 Å². The molecule has 0 radical (unpaired) electrons. The number of ether oxygens (including phenoxy) is 1. The van der Waals surface area contributed by atoms with E-state index in [1.807, 2.05) is 0 Å². The Hall–Kier alpha value is -4.00. The van der Waals surface area contributed by atoms with Crippen molar-refractivity contribution in [3.8, 4) is 33.7 Å². The molecule has 0 aliphatic heterocycles. The molecule has 0 spiro atoms. The minimum Gasteiger partial charge on any atom is -0.744 e. The number of rotatable bonds is 7. The van der Waals surface area contributed by atoms with Crippen LogP contribution in [0.2, 0.25) is 0 Å². The molecule has 0 aliphatic carbocycles. The first kappa shape index (κ1) is 26.6. The number of thiazole rings is 1. The molecule has 3 aromatic carbocycles. The number of aromatic hydroxyl groups is 1. The standard InChI is InChI=1S/C22H17N5O9S3/c1-36-14-4-7-17-19(9-14)37-22(23-17)27-25-21(16-6-3-13(29)8-20(16)39(33,34)35)24-26(27)18-10-15(38(30,31)32)5-2-12(18)11-28/h2-10,28H,11H2,1H3,(H2-,24,25,29,30,31,32,33,34,35)/p-1. The lowest BCUT2D eigenvalue weighted by molar-refractivity contribution is -0.734. The Balaban J connectivity index is 1.83. The van der Waals surface area contributed by atoms with Gasteiger partial charge in [0.15, 0.2) is 5.52 Å². The van der Waals surface area contributed by atoms with Gasteiger partial charge in [0.05, 0.1) is 33.8 Å². The number of tetrazole rings is 1. The van der Waals surface area contributed by atoms with Gasteiger partial charge in [0.1, 0.15) is 37.4 Å². The van der Waals surface area contributed by atoms with E-state index < -0.39 is 42.4 Å². The molecule has 0 atom stereocenters. The number of methoxy groups -OCH3 is 1. The zero-order valence-corrected chi connectivity index (χ0v) is 22.1. The third-order valence-electron chi connectivity index (χ3n) is 5.52. The van der Waals surface area contributed by atoms with Crippen LogP contribution in [-0.4, -0.2) is 63.2 Å². The lowest BCUT2D eigenvalue weighted by atomic mass is 10.2. The Labute approximate surface area is 224 Å². The number of aromatic nitrogens is 5. The highest BCUT2D eigenvalue weighted by atomic mass is 32.2. The summed E-state index contributed by atoms with van der Waals surface area (Å²) < 4.78 is 77.0. The first-order chi connectivity index (χ1) is 18.4. The van der Waals surface area contributed by atoms with Crippen molar-refractivity contribution in [2.24, 2.45) is 0 Å². The van der Waals surface area contributed by atoms with E-state index in [0.29, 0.717) is 16.0 Å². The SMILES string of the molecule is COc1ccc2nc(-[n+]3nc(-c4ccc(O)cc4S(=O)(=O)[O-])nn3-c3cc(S(=O)(=O)[O-])ccc3CO)sc2c1. The molecule has 14 nitrogen and oxygen atoms in total. The van der Waals surface area contributed by atoms with Crippen LogP contribution in [0.4, 0.5) is 0 Å². The normalized spacial score (nSPS) is 12.2. The maximum Gasteiger partial charge on any atom is 0.365 e. The summed E-state index contributed by atoms with van der Waals surface area (Å²) in [6.07, 6.45) is 0. The number of aliphatic hydroxyl groups excluding tert-OH is 1. The number of phenolic OH excluding ortho intramolecular Hbond substituents is 1. The molecule has 0 fully saturated rings. The van der Waals surface area contributed by atoms with Crippen LogP contribution < -0.4 is 9.53 Å². The fourth-order valence-electron chi connectivity index (χ4n) is 3.70. The Morgan fingerprint density at radius 2 is 1.79 bits per heavy atom. The van der Waals surface area contributed by atoms with Crippen molar-refractivity contribution in [1.82, 2.24) is 20.0 Å². The van der Waals surface area contributed by atoms with E-state index >= 15 is 0 Å². The monoisotopic (exact) mass is 590 g/mol. The first-order valence-corrected chi connectivity index (χ1v) is 14.4. The average Bonchev–Trinajstić information content (AvgIpc) is 3.51. The minimum absolute atomic E-state index is 0.0877. The van der Waals surface area contributed by atoms with Crippen molar-refractivity contribution in [3.05, 3.63) is 60.2 Å². The summed E-state index contributed by atoms with van der Waals surface area (Å²) in [5, 5.41) is 28.5. The van der Waals surface area contributed by atoms with Crippen molar-refractivity contribution < 1.29 is 45.7 Å². The van der Waals surface area contributed by atoms with E-state index in [9.17, 15) is 36.2 Å². The van der Waals surface area contributed by atoms with E-state index in [1.165, 1.54) is 13.2 Å². The van der Waals surface area contributed by atoms with Crippen LogP contribution in [0.3, 0.4) is 0 Å². The fraction of sp³-hybridized carbons (Fsp3) is 0.0909. The van der Waals surface area contributed by atoms with E-state index in [2.05, 4.69) is 15.2 Å². The van der Waals surface area contributed by atoms with Crippen molar-refractivity contribution in [2.75, 3.05) is 7.11 Å². The second-order valence-electron chi connectivity index (χ2n) is 7.97. The number of fused-ring (bicyclic) bond motifs is 1. The van der Waals surface area contributed by atoms with Crippen molar-refractivity contribution >= 4 is 41.8 Å². The third kappa shape index (κ3) is 5.05. The fourth-order valence-corrected chi connectivity index (χ4v) is 5.82. The molecule has 17 heteroatoms. The number of aliphatic hydroxyl groups is 1. The molecule has 0 saturated carbocycles. The predicted octanol–water partition coefficient (Wildman–Crippen LogP) is 0.835. The van der Waals surface area contributed by atoms with Crippen LogP contribution >= 0.6 is 11.3 Å². The van der Waals surface area contributed by atoms with Gasteiger partial charge in [-0.3, -0.25) is 0 Å². The highest BCUT2D eigenvalue weighted by molar-refractivity contribution is 7.86. The average molecular weight is 591 g/mol. The van der Waals surface area contributed by atoms with Gasteiger partial charge in [-0.25, -0.2) is 16.8 Å². The summed E-state index contributed by atoms with van der Waals surface area (Å²) in [4.78, 5) is 5.18. The van der Waals surface area contributed by atoms with Gasteiger partial charge < -0.3 is 24.1 Å². The summed E-state index contributed by atoms with van der Waals surface area (Å²) in [7, 11) is -8.52. The molecule has 202 valence electrons. The summed E-state index contributed by atoms with van der Waals surface area (Å²) in [6.45, 7) is -0.597. The first-order valence-electron chi connectivity index (χ1n) is 10.7. The number of phenols is 1.